The summed E-state index contributed by atoms with van der Waals surface area (Å²) in [5.74, 6) is 0.0167. The van der Waals surface area contributed by atoms with E-state index in [2.05, 4.69) is 11.4 Å². The molecule has 0 aliphatic carbocycles. The summed E-state index contributed by atoms with van der Waals surface area (Å²) < 4.78 is 0. The number of hydrogen-bond acceptors (Lipinski definition) is 3. The average Bonchev–Trinajstić information content (AvgIpc) is 2.94. The molecule has 20 heavy (non-hydrogen) atoms. The summed E-state index contributed by atoms with van der Waals surface area (Å²) >= 11 is 1.77. The van der Waals surface area contributed by atoms with Crippen LogP contribution in [0.4, 0.5) is 0 Å². The van der Waals surface area contributed by atoms with Gasteiger partial charge < -0.3 is 10.6 Å². The van der Waals surface area contributed by atoms with Crippen molar-refractivity contribution >= 4 is 29.7 Å². The van der Waals surface area contributed by atoms with E-state index in [1.54, 1.807) is 11.3 Å². The molecule has 3 rings (SSSR count). The Labute approximate surface area is 128 Å². The van der Waals surface area contributed by atoms with Crippen LogP contribution in [0.25, 0.3) is 0 Å². The molecule has 0 radical (unpaired) electrons. The first-order chi connectivity index (χ1) is 9.25. The van der Waals surface area contributed by atoms with Crippen molar-refractivity contribution in [2.75, 3.05) is 6.54 Å². The molecule has 1 aliphatic rings. The minimum atomic E-state index is -0.554. The van der Waals surface area contributed by atoms with Gasteiger partial charge in [0.2, 0.25) is 5.91 Å². The van der Waals surface area contributed by atoms with E-state index < -0.39 is 6.04 Å². The van der Waals surface area contributed by atoms with Gasteiger partial charge in [0.25, 0.3) is 0 Å². The van der Waals surface area contributed by atoms with E-state index in [-0.39, 0.29) is 18.3 Å². The molecule has 5 heteroatoms. The first-order valence-corrected chi connectivity index (χ1v) is 7.28. The average molecular weight is 309 g/mol. The molecule has 1 atom stereocenters. The number of carbonyl (C=O) groups excluding carboxylic acids is 1. The molecule has 106 valence electrons. The Bertz CT molecular complexity index is 585. The molecule has 1 amide bonds. The number of carbonyl (C=O) groups is 1. The molecule has 1 aliphatic heterocycles. The van der Waals surface area contributed by atoms with E-state index in [0.29, 0.717) is 6.54 Å². The Morgan fingerprint density at radius 3 is 2.75 bits per heavy atom. The van der Waals surface area contributed by atoms with Gasteiger partial charge >= 0.3 is 0 Å². The van der Waals surface area contributed by atoms with Crippen LogP contribution in [-0.4, -0.2) is 17.4 Å². The second-order valence-electron chi connectivity index (χ2n) is 4.77. The predicted octanol–water partition coefficient (Wildman–Crippen LogP) is 2.75. The smallest absolute Gasteiger partial charge is 0.244 e. The molecule has 0 spiro atoms. The van der Waals surface area contributed by atoms with Crippen LogP contribution >= 0.6 is 23.7 Å². The number of nitrogens with zero attached hydrogens (tertiary/aromatic N) is 1. The van der Waals surface area contributed by atoms with Gasteiger partial charge in [0.05, 0.1) is 0 Å². The molecule has 1 aromatic heterocycles. The summed E-state index contributed by atoms with van der Waals surface area (Å²) in [6.45, 7) is 1.46. The topological polar surface area (TPSA) is 46.3 Å². The lowest BCUT2D eigenvalue weighted by Gasteiger charge is -2.29. The zero-order valence-corrected chi connectivity index (χ0v) is 12.6. The highest BCUT2D eigenvalue weighted by Gasteiger charge is 2.26. The van der Waals surface area contributed by atoms with Crippen molar-refractivity contribution in [1.82, 2.24) is 4.90 Å². The highest BCUT2D eigenvalue weighted by atomic mass is 35.5. The van der Waals surface area contributed by atoms with Crippen LogP contribution in [-0.2, 0) is 17.8 Å². The molecular formula is C15H17ClN2OS. The molecule has 0 fully saturated rings. The van der Waals surface area contributed by atoms with Crippen molar-refractivity contribution in [2.24, 2.45) is 5.73 Å². The predicted molar refractivity (Wildman–Crippen MR) is 84.1 cm³/mol. The number of nitrogens with two attached hydrogens (primary N) is 1. The second kappa shape index (κ2) is 6.39. The van der Waals surface area contributed by atoms with Gasteiger partial charge in [-0.2, -0.15) is 0 Å². The molecule has 2 aromatic rings. The summed E-state index contributed by atoms with van der Waals surface area (Å²) in [5.41, 5.74) is 8.22. The van der Waals surface area contributed by atoms with E-state index in [0.717, 1.165) is 18.5 Å². The molecule has 2 heterocycles. The maximum atomic E-state index is 12.4. The van der Waals surface area contributed by atoms with Gasteiger partial charge in [-0.05, 0) is 29.0 Å². The fourth-order valence-electron chi connectivity index (χ4n) is 2.44. The summed E-state index contributed by atoms with van der Waals surface area (Å²) in [4.78, 5) is 15.7. The Kier molecular flexibility index (Phi) is 4.81. The fraction of sp³-hybridized carbons (Fsp3) is 0.267. The van der Waals surface area contributed by atoms with Crippen molar-refractivity contribution in [3.63, 3.8) is 0 Å². The normalized spacial score (nSPS) is 15.2. The minimum absolute atomic E-state index is 0. The van der Waals surface area contributed by atoms with Crippen LogP contribution in [0.1, 0.15) is 22.0 Å². The van der Waals surface area contributed by atoms with Crippen molar-refractivity contribution in [3.8, 4) is 0 Å². The number of halogens is 1. The summed E-state index contributed by atoms with van der Waals surface area (Å²) in [5, 5.41) is 2.09. The van der Waals surface area contributed by atoms with Gasteiger partial charge in [-0.15, -0.1) is 23.7 Å². The van der Waals surface area contributed by atoms with E-state index in [1.165, 1.54) is 10.4 Å². The Morgan fingerprint density at radius 2 is 2.00 bits per heavy atom. The Morgan fingerprint density at radius 1 is 1.25 bits per heavy atom. The van der Waals surface area contributed by atoms with Gasteiger partial charge in [0.15, 0.2) is 0 Å². The molecule has 2 N–H and O–H groups in total. The van der Waals surface area contributed by atoms with Crippen molar-refractivity contribution < 1.29 is 4.79 Å². The largest absolute Gasteiger partial charge is 0.336 e. The number of rotatable bonds is 2. The van der Waals surface area contributed by atoms with Gasteiger partial charge in [-0.1, -0.05) is 30.3 Å². The minimum Gasteiger partial charge on any atom is -0.336 e. The van der Waals surface area contributed by atoms with Crippen LogP contribution in [0.3, 0.4) is 0 Å². The van der Waals surface area contributed by atoms with E-state index in [9.17, 15) is 4.79 Å². The number of amides is 1. The van der Waals surface area contributed by atoms with Crippen LogP contribution < -0.4 is 5.73 Å². The number of benzene rings is 1. The van der Waals surface area contributed by atoms with Crippen LogP contribution in [0.15, 0.2) is 41.8 Å². The number of hydrogen-bond donors (Lipinski definition) is 1. The highest BCUT2D eigenvalue weighted by Crippen LogP contribution is 2.25. The Balaban J connectivity index is 0.00000147. The summed E-state index contributed by atoms with van der Waals surface area (Å²) in [6, 6.07) is 11.1. The molecule has 0 saturated heterocycles. The third-order valence-electron chi connectivity index (χ3n) is 3.54. The van der Waals surface area contributed by atoms with E-state index >= 15 is 0 Å². The Hall–Kier alpha value is -1.36. The maximum Gasteiger partial charge on any atom is 0.244 e. The van der Waals surface area contributed by atoms with Gasteiger partial charge in [-0.3, -0.25) is 4.79 Å². The van der Waals surface area contributed by atoms with Crippen LogP contribution in [0.5, 0.6) is 0 Å². The molecule has 3 nitrogen and oxygen atoms in total. The fourth-order valence-corrected chi connectivity index (χ4v) is 3.33. The van der Waals surface area contributed by atoms with Crippen molar-refractivity contribution in [2.45, 2.75) is 19.0 Å². The molecule has 1 unspecified atom stereocenters. The third-order valence-corrected chi connectivity index (χ3v) is 4.57. The zero-order chi connectivity index (χ0) is 13.2. The van der Waals surface area contributed by atoms with Crippen molar-refractivity contribution in [3.05, 3.63) is 57.8 Å². The van der Waals surface area contributed by atoms with Gasteiger partial charge in [0, 0.05) is 18.0 Å². The number of fused-ring (bicyclic) bond motifs is 1. The summed E-state index contributed by atoms with van der Waals surface area (Å²) in [6.07, 6.45) is 0.945. The first kappa shape index (κ1) is 15.0. The highest BCUT2D eigenvalue weighted by molar-refractivity contribution is 7.10. The molecular weight excluding hydrogens is 292 g/mol. The molecule has 0 bridgehead atoms. The SMILES string of the molecule is Cl.NC(C(=O)N1CCc2sccc2C1)c1ccccc1. The van der Waals surface area contributed by atoms with E-state index in [1.807, 2.05) is 35.2 Å². The lowest BCUT2D eigenvalue weighted by Crippen LogP contribution is -2.41. The molecule has 1 aromatic carbocycles. The van der Waals surface area contributed by atoms with Gasteiger partial charge in [0.1, 0.15) is 6.04 Å². The summed E-state index contributed by atoms with van der Waals surface area (Å²) in [7, 11) is 0. The van der Waals surface area contributed by atoms with Gasteiger partial charge in [-0.25, -0.2) is 0 Å². The number of thiophene rings is 1. The standard InChI is InChI=1S/C15H16N2OS.ClH/c16-14(11-4-2-1-3-5-11)15(18)17-8-6-13-12(10-17)7-9-19-13;/h1-5,7,9,14H,6,8,10,16H2;1H. The van der Waals surface area contributed by atoms with Crippen LogP contribution in [0, 0.1) is 0 Å². The lowest BCUT2D eigenvalue weighted by atomic mass is 10.0. The van der Waals surface area contributed by atoms with E-state index in [4.69, 9.17) is 5.73 Å². The quantitative estimate of drug-likeness (QED) is 0.927. The maximum absolute atomic E-state index is 12.4. The second-order valence-corrected chi connectivity index (χ2v) is 5.77. The lowest BCUT2D eigenvalue weighted by molar-refractivity contribution is -0.133. The van der Waals surface area contributed by atoms with Crippen molar-refractivity contribution in [1.29, 1.82) is 0 Å². The third kappa shape index (κ3) is 2.87. The zero-order valence-electron chi connectivity index (χ0n) is 11.0. The molecule has 0 saturated carbocycles. The van der Waals surface area contributed by atoms with Crippen LogP contribution in [0.2, 0.25) is 0 Å². The first-order valence-electron chi connectivity index (χ1n) is 6.40. The monoisotopic (exact) mass is 308 g/mol.